The van der Waals surface area contributed by atoms with E-state index in [2.05, 4.69) is 17.2 Å². The number of aromatic nitrogens is 3. The predicted molar refractivity (Wildman–Crippen MR) is 60.2 cm³/mol. The molecule has 90 valence electrons. The molecule has 0 unspecified atom stereocenters. The second-order valence-corrected chi connectivity index (χ2v) is 4.24. The maximum absolute atomic E-state index is 11.6. The van der Waals surface area contributed by atoms with Gasteiger partial charge in [-0.2, -0.15) is 0 Å². The Morgan fingerprint density at radius 3 is 2.75 bits per heavy atom. The van der Waals surface area contributed by atoms with E-state index in [1.54, 1.807) is 4.68 Å². The number of hydrogen-bond acceptors (Lipinski definition) is 4. The van der Waals surface area contributed by atoms with Crippen molar-refractivity contribution in [2.75, 3.05) is 6.61 Å². The van der Waals surface area contributed by atoms with Crippen LogP contribution in [0.4, 0.5) is 0 Å². The predicted octanol–water partition coefficient (Wildman–Crippen LogP) is 1.81. The van der Waals surface area contributed by atoms with E-state index in [0.29, 0.717) is 18.2 Å². The highest BCUT2D eigenvalue weighted by atomic mass is 16.5. The van der Waals surface area contributed by atoms with E-state index in [-0.39, 0.29) is 5.97 Å². The first-order chi connectivity index (χ1) is 7.56. The summed E-state index contributed by atoms with van der Waals surface area (Å²) in [6.07, 6.45) is 0.963. The van der Waals surface area contributed by atoms with Crippen LogP contribution in [0.3, 0.4) is 0 Å². The lowest BCUT2D eigenvalue weighted by Gasteiger charge is -2.05. The van der Waals surface area contributed by atoms with Crippen molar-refractivity contribution in [2.45, 2.75) is 40.7 Å². The molecule has 1 aromatic heterocycles. The zero-order valence-corrected chi connectivity index (χ0v) is 10.4. The normalized spacial score (nSPS) is 10.8. The van der Waals surface area contributed by atoms with E-state index < -0.39 is 0 Å². The highest BCUT2D eigenvalue weighted by Gasteiger charge is 2.17. The molecule has 5 nitrogen and oxygen atoms in total. The molecule has 5 heteroatoms. The summed E-state index contributed by atoms with van der Waals surface area (Å²) in [6.45, 7) is 9.07. The zero-order chi connectivity index (χ0) is 12.1. The van der Waals surface area contributed by atoms with E-state index in [0.717, 1.165) is 18.7 Å². The van der Waals surface area contributed by atoms with Gasteiger partial charge < -0.3 is 4.74 Å². The third-order valence-corrected chi connectivity index (χ3v) is 2.16. The largest absolute Gasteiger partial charge is 0.461 e. The highest BCUT2D eigenvalue weighted by Crippen LogP contribution is 2.07. The van der Waals surface area contributed by atoms with Crippen molar-refractivity contribution < 1.29 is 9.53 Å². The first-order valence-electron chi connectivity index (χ1n) is 5.63. The Morgan fingerprint density at radius 1 is 1.50 bits per heavy atom. The molecule has 0 aromatic carbocycles. The molecule has 0 spiro atoms. The molecule has 0 atom stereocenters. The van der Waals surface area contributed by atoms with E-state index in [1.807, 2.05) is 20.8 Å². The number of nitrogens with zero attached hydrogens (tertiary/aromatic N) is 3. The highest BCUT2D eigenvalue weighted by molar-refractivity contribution is 5.88. The fraction of sp³-hybridized carbons (Fsp3) is 0.727. The topological polar surface area (TPSA) is 57.0 Å². The van der Waals surface area contributed by atoms with Crippen molar-refractivity contribution >= 4 is 5.97 Å². The number of carbonyl (C=O) groups is 1. The molecule has 0 aliphatic rings. The molecule has 1 rings (SSSR count). The number of ether oxygens (including phenoxy) is 1. The van der Waals surface area contributed by atoms with Crippen LogP contribution >= 0.6 is 0 Å². The minimum Gasteiger partial charge on any atom is -0.461 e. The lowest BCUT2D eigenvalue weighted by Crippen LogP contribution is -2.12. The molecule has 0 aliphatic heterocycles. The Kier molecular flexibility index (Phi) is 4.46. The van der Waals surface area contributed by atoms with Gasteiger partial charge >= 0.3 is 5.97 Å². The summed E-state index contributed by atoms with van der Waals surface area (Å²) < 4.78 is 6.84. The molecule has 1 aromatic rings. The molecule has 0 saturated carbocycles. The van der Waals surface area contributed by atoms with Gasteiger partial charge in [0.05, 0.1) is 12.3 Å². The van der Waals surface area contributed by atoms with Crippen LogP contribution in [0.2, 0.25) is 0 Å². The molecule has 0 bridgehead atoms. The number of rotatable bonds is 5. The van der Waals surface area contributed by atoms with Crippen LogP contribution in [-0.4, -0.2) is 27.6 Å². The maximum atomic E-state index is 11.6. The summed E-state index contributed by atoms with van der Waals surface area (Å²) in [6, 6.07) is 0. The van der Waals surface area contributed by atoms with Crippen LogP contribution < -0.4 is 0 Å². The summed E-state index contributed by atoms with van der Waals surface area (Å²) in [5.74, 6) is -0.0523. The van der Waals surface area contributed by atoms with Crippen LogP contribution in [0.15, 0.2) is 0 Å². The van der Waals surface area contributed by atoms with Crippen molar-refractivity contribution in [2.24, 2.45) is 5.92 Å². The van der Waals surface area contributed by atoms with Crippen LogP contribution in [-0.2, 0) is 11.3 Å². The van der Waals surface area contributed by atoms with Crippen molar-refractivity contribution in [1.29, 1.82) is 0 Å². The molecule has 1 heterocycles. The zero-order valence-electron chi connectivity index (χ0n) is 10.4. The van der Waals surface area contributed by atoms with Crippen molar-refractivity contribution in [3.05, 3.63) is 11.4 Å². The second kappa shape index (κ2) is 5.63. The van der Waals surface area contributed by atoms with Gasteiger partial charge in [0.15, 0.2) is 5.69 Å². The van der Waals surface area contributed by atoms with E-state index in [4.69, 9.17) is 4.74 Å². The standard InChI is InChI=1S/C11H19N3O2/c1-5-6-14-9(4)10(12-13-14)11(15)16-7-8(2)3/h8H,5-7H2,1-4H3. The van der Waals surface area contributed by atoms with Gasteiger partial charge in [-0.05, 0) is 19.3 Å². The fourth-order valence-electron chi connectivity index (χ4n) is 1.28. The fourth-order valence-corrected chi connectivity index (χ4v) is 1.28. The van der Waals surface area contributed by atoms with Gasteiger partial charge in [-0.1, -0.05) is 26.0 Å². The second-order valence-electron chi connectivity index (χ2n) is 4.24. The van der Waals surface area contributed by atoms with Gasteiger partial charge in [0.1, 0.15) is 0 Å². The Morgan fingerprint density at radius 2 is 2.19 bits per heavy atom. The number of esters is 1. The minimum absolute atomic E-state index is 0.328. The van der Waals surface area contributed by atoms with E-state index in [1.165, 1.54) is 0 Å². The Bertz CT molecular complexity index is 358. The van der Waals surface area contributed by atoms with Gasteiger partial charge in [0.25, 0.3) is 0 Å². The Hall–Kier alpha value is -1.39. The number of carbonyl (C=O) groups excluding carboxylic acids is 1. The lowest BCUT2D eigenvalue weighted by molar-refractivity contribution is 0.0451. The first kappa shape index (κ1) is 12.7. The van der Waals surface area contributed by atoms with Gasteiger partial charge in [-0.15, -0.1) is 5.10 Å². The average molecular weight is 225 g/mol. The Balaban J connectivity index is 2.69. The molecule has 0 aliphatic carbocycles. The van der Waals surface area contributed by atoms with E-state index in [9.17, 15) is 4.79 Å². The third-order valence-electron chi connectivity index (χ3n) is 2.16. The molecular formula is C11H19N3O2. The maximum Gasteiger partial charge on any atom is 0.360 e. The van der Waals surface area contributed by atoms with Crippen LogP contribution in [0.1, 0.15) is 43.4 Å². The Labute approximate surface area is 95.8 Å². The molecule has 0 radical (unpaired) electrons. The monoisotopic (exact) mass is 225 g/mol. The summed E-state index contributed by atoms with van der Waals surface area (Å²) in [7, 11) is 0. The quantitative estimate of drug-likeness (QED) is 0.717. The van der Waals surface area contributed by atoms with Crippen LogP contribution in [0.25, 0.3) is 0 Å². The summed E-state index contributed by atoms with van der Waals surface area (Å²) >= 11 is 0. The molecule has 16 heavy (non-hydrogen) atoms. The summed E-state index contributed by atoms with van der Waals surface area (Å²) in [5, 5.41) is 7.77. The van der Waals surface area contributed by atoms with E-state index >= 15 is 0 Å². The van der Waals surface area contributed by atoms with Crippen LogP contribution in [0, 0.1) is 12.8 Å². The molecule has 0 saturated heterocycles. The summed E-state index contributed by atoms with van der Waals surface area (Å²) in [5.41, 5.74) is 1.10. The van der Waals surface area contributed by atoms with Gasteiger partial charge in [0.2, 0.25) is 0 Å². The van der Waals surface area contributed by atoms with Gasteiger partial charge in [0, 0.05) is 6.54 Å². The SMILES string of the molecule is CCCn1nnc(C(=O)OCC(C)C)c1C. The smallest absolute Gasteiger partial charge is 0.360 e. The molecule has 0 amide bonds. The van der Waals surface area contributed by atoms with Crippen molar-refractivity contribution in [3.8, 4) is 0 Å². The third kappa shape index (κ3) is 3.05. The van der Waals surface area contributed by atoms with Gasteiger partial charge in [-0.3, -0.25) is 0 Å². The first-order valence-corrected chi connectivity index (χ1v) is 5.63. The molecule has 0 N–H and O–H groups in total. The average Bonchev–Trinajstić information content (AvgIpc) is 2.58. The number of aryl methyl sites for hydroxylation is 1. The van der Waals surface area contributed by atoms with Crippen molar-refractivity contribution in [1.82, 2.24) is 15.0 Å². The lowest BCUT2D eigenvalue weighted by atomic mass is 10.2. The minimum atomic E-state index is -0.381. The summed E-state index contributed by atoms with van der Waals surface area (Å²) in [4.78, 5) is 11.6. The van der Waals surface area contributed by atoms with Crippen LogP contribution in [0.5, 0.6) is 0 Å². The molecule has 0 fully saturated rings. The molecular weight excluding hydrogens is 206 g/mol. The van der Waals surface area contributed by atoms with Gasteiger partial charge in [-0.25, -0.2) is 9.48 Å². The number of hydrogen-bond donors (Lipinski definition) is 0. The van der Waals surface area contributed by atoms with Crippen molar-refractivity contribution in [3.63, 3.8) is 0 Å².